The van der Waals surface area contributed by atoms with Gasteiger partial charge in [-0.05, 0) is 25.5 Å². The van der Waals surface area contributed by atoms with Crippen LogP contribution in [0.25, 0.3) is 0 Å². The second-order valence-electron chi connectivity index (χ2n) is 5.60. The van der Waals surface area contributed by atoms with Crippen LogP contribution in [0.4, 0.5) is 0 Å². The lowest BCUT2D eigenvalue weighted by Crippen LogP contribution is -2.36. The monoisotopic (exact) mass is 386 g/mol. The molecule has 1 saturated heterocycles. The number of rotatable bonds is 7. The van der Waals surface area contributed by atoms with Gasteiger partial charge in [-0.15, -0.1) is 11.8 Å². The Morgan fingerprint density at radius 1 is 1.36 bits per heavy atom. The maximum atomic E-state index is 12.4. The van der Waals surface area contributed by atoms with Gasteiger partial charge in [0.2, 0.25) is 10.0 Å². The summed E-state index contributed by atoms with van der Waals surface area (Å²) < 4.78 is 29.6. The molecule has 1 atom stereocenters. The maximum absolute atomic E-state index is 12.4. The molecular formula is C16H22N2O5S2. The van der Waals surface area contributed by atoms with Gasteiger partial charge in [-0.3, -0.25) is 9.59 Å². The molecule has 7 nitrogen and oxygen atoms in total. The first-order chi connectivity index (χ1) is 11.8. The van der Waals surface area contributed by atoms with Crippen molar-refractivity contribution < 1.29 is 22.7 Å². The van der Waals surface area contributed by atoms with Crippen LogP contribution in [0.3, 0.4) is 0 Å². The normalized spacial score (nSPS) is 17.8. The van der Waals surface area contributed by atoms with Crippen molar-refractivity contribution in [3.63, 3.8) is 0 Å². The molecule has 0 saturated carbocycles. The van der Waals surface area contributed by atoms with E-state index < -0.39 is 15.3 Å². The number of benzene rings is 1. The number of nitrogens with one attached hydrogen (secondary N) is 1. The SMILES string of the molecule is COC(=O)C(C)Sc1ccccc1C(=O)NCCN1CCCS1(=O)=O. The number of hydrogen-bond donors (Lipinski definition) is 1. The third kappa shape index (κ3) is 5.20. The van der Waals surface area contributed by atoms with E-state index in [1.54, 1.807) is 31.2 Å². The summed E-state index contributed by atoms with van der Waals surface area (Å²) in [5, 5.41) is 2.31. The zero-order valence-corrected chi connectivity index (χ0v) is 15.9. The summed E-state index contributed by atoms with van der Waals surface area (Å²) in [6.45, 7) is 2.72. The number of ether oxygens (including phenoxy) is 1. The van der Waals surface area contributed by atoms with Crippen LogP contribution in [-0.2, 0) is 19.6 Å². The molecule has 0 spiro atoms. The van der Waals surface area contributed by atoms with Gasteiger partial charge in [0.15, 0.2) is 0 Å². The van der Waals surface area contributed by atoms with Crippen LogP contribution in [0, 0.1) is 0 Å². The third-order valence-corrected chi connectivity index (χ3v) is 6.93. The number of esters is 1. The molecular weight excluding hydrogens is 364 g/mol. The molecule has 1 heterocycles. The Bertz CT molecular complexity index is 736. The lowest BCUT2D eigenvalue weighted by Gasteiger charge is -2.16. The van der Waals surface area contributed by atoms with Crippen LogP contribution >= 0.6 is 11.8 Å². The highest BCUT2D eigenvalue weighted by Gasteiger charge is 2.27. The summed E-state index contributed by atoms with van der Waals surface area (Å²) in [7, 11) is -1.84. The third-order valence-electron chi connectivity index (χ3n) is 3.82. The minimum absolute atomic E-state index is 0.172. The lowest BCUT2D eigenvalue weighted by molar-refractivity contribution is -0.139. The molecule has 1 N–H and O–H groups in total. The standard InChI is InChI=1S/C16H22N2O5S2/c1-12(16(20)23-2)24-14-7-4-3-6-13(14)15(19)17-8-10-18-9-5-11-25(18,21)22/h3-4,6-7,12H,5,8-11H2,1-2H3,(H,17,19). The average molecular weight is 386 g/mol. The van der Waals surface area contributed by atoms with Crippen molar-refractivity contribution in [1.82, 2.24) is 9.62 Å². The van der Waals surface area contributed by atoms with Crippen LogP contribution in [0.1, 0.15) is 23.7 Å². The molecule has 1 unspecified atom stereocenters. The molecule has 1 aliphatic rings. The molecule has 1 aliphatic heterocycles. The fourth-order valence-corrected chi connectivity index (χ4v) is 5.04. The molecule has 1 aromatic carbocycles. The Kier molecular flexibility index (Phi) is 6.86. The molecule has 0 bridgehead atoms. The van der Waals surface area contributed by atoms with Gasteiger partial charge in [0.05, 0.1) is 18.4 Å². The second-order valence-corrected chi connectivity index (χ2v) is 9.08. The highest BCUT2D eigenvalue weighted by Crippen LogP contribution is 2.27. The Balaban J connectivity index is 1.96. The number of thioether (sulfide) groups is 1. The topological polar surface area (TPSA) is 92.8 Å². The van der Waals surface area contributed by atoms with Gasteiger partial charge in [-0.1, -0.05) is 12.1 Å². The van der Waals surface area contributed by atoms with Crippen LogP contribution in [-0.4, -0.2) is 62.3 Å². The molecule has 1 aromatic rings. The average Bonchev–Trinajstić information content (AvgIpc) is 2.93. The molecule has 2 rings (SSSR count). The summed E-state index contributed by atoms with van der Waals surface area (Å²) in [5.41, 5.74) is 0.451. The number of hydrogen-bond acceptors (Lipinski definition) is 6. The zero-order valence-electron chi connectivity index (χ0n) is 14.2. The molecule has 1 fully saturated rings. The number of sulfonamides is 1. The molecule has 0 aliphatic carbocycles. The van der Waals surface area contributed by atoms with Crippen molar-refractivity contribution in [2.24, 2.45) is 0 Å². The van der Waals surface area contributed by atoms with Gasteiger partial charge in [-0.25, -0.2) is 12.7 Å². The Morgan fingerprint density at radius 2 is 2.08 bits per heavy atom. The highest BCUT2D eigenvalue weighted by atomic mass is 32.2. The summed E-state index contributed by atoms with van der Waals surface area (Å²) in [5.74, 6) is -0.484. The first-order valence-electron chi connectivity index (χ1n) is 7.94. The van der Waals surface area contributed by atoms with E-state index in [2.05, 4.69) is 5.32 Å². The molecule has 0 radical (unpaired) electrons. The number of nitrogens with zero attached hydrogens (tertiary/aromatic N) is 1. The van der Waals surface area contributed by atoms with E-state index in [0.29, 0.717) is 23.4 Å². The van der Waals surface area contributed by atoms with Crippen molar-refractivity contribution in [3.05, 3.63) is 29.8 Å². The number of amides is 1. The largest absolute Gasteiger partial charge is 0.468 e. The summed E-state index contributed by atoms with van der Waals surface area (Å²) >= 11 is 1.25. The molecule has 25 heavy (non-hydrogen) atoms. The predicted octanol–water partition coefficient (Wildman–Crippen LogP) is 1.11. The smallest absolute Gasteiger partial charge is 0.318 e. The Hall–Kier alpha value is -1.58. The van der Waals surface area contributed by atoms with E-state index in [1.807, 2.05) is 0 Å². The van der Waals surface area contributed by atoms with Crippen molar-refractivity contribution in [3.8, 4) is 0 Å². The van der Waals surface area contributed by atoms with Gasteiger partial charge in [0.25, 0.3) is 5.91 Å². The summed E-state index contributed by atoms with van der Waals surface area (Å²) in [6.07, 6.45) is 0.626. The van der Waals surface area contributed by atoms with Crippen LogP contribution in [0.2, 0.25) is 0 Å². The summed E-state index contributed by atoms with van der Waals surface area (Å²) in [6, 6.07) is 6.98. The number of carbonyl (C=O) groups excluding carboxylic acids is 2. The number of carbonyl (C=O) groups is 2. The number of methoxy groups -OCH3 is 1. The van der Waals surface area contributed by atoms with E-state index in [0.717, 1.165) is 0 Å². The van der Waals surface area contributed by atoms with Crippen molar-refractivity contribution in [2.75, 3.05) is 32.5 Å². The fraction of sp³-hybridized carbons (Fsp3) is 0.500. The van der Waals surface area contributed by atoms with Crippen molar-refractivity contribution >= 4 is 33.7 Å². The van der Waals surface area contributed by atoms with E-state index in [-0.39, 0.29) is 30.7 Å². The minimum Gasteiger partial charge on any atom is -0.468 e. The molecule has 138 valence electrons. The quantitative estimate of drug-likeness (QED) is 0.557. The highest BCUT2D eigenvalue weighted by molar-refractivity contribution is 8.00. The van der Waals surface area contributed by atoms with Crippen molar-refractivity contribution in [1.29, 1.82) is 0 Å². The van der Waals surface area contributed by atoms with Crippen LogP contribution in [0.15, 0.2) is 29.2 Å². The van der Waals surface area contributed by atoms with Gasteiger partial charge in [-0.2, -0.15) is 0 Å². The molecule has 9 heteroatoms. The van der Waals surface area contributed by atoms with Crippen LogP contribution in [0.5, 0.6) is 0 Å². The first-order valence-corrected chi connectivity index (χ1v) is 10.4. The van der Waals surface area contributed by atoms with E-state index in [1.165, 1.54) is 23.2 Å². The van der Waals surface area contributed by atoms with Gasteiger partial charge in [0.1, 0.15) is 5.25 Å². The van der Waals surface area contributed by atoms with E-state index in [4.69, 9.17) is 4.74 Å². The van der Waals surface area contributed by atoms with E-state index >= 15 is 0 Å². The van der Waals surface area contributed by atoms with Gasteiger partial charge >= 0.3 is 5.97 Å². The molecule has 0 aromatic heterocycles. The van der Waals surface area contributed by atoms with Crippen LogP contribution < -0.4 is 5.32 Å². The lowest BCUT2D eigenvalue weighted by atomic mass is 10.2. The zero-order chi connectivity index (χ0) is 18.4. The summed E-state index contributed by atoms with van der Waals surface area (Å²) in [4.78, 5) is 24.7. The van der Waals surface area contributed by atoms with Gasteiger partial charge in [0, 0.05) is 24.5 Å². The Labute approximate surface area is 152 Å². The van der Waals surface area contributed by atoms with Crippen molar-refractivity contribution in [2.45, 2.75) is 23.5 Å². The molecule has 1 amide bonds. The predicted molar refractivity (Wildman–Crippen MR) is 96.1 cm³/mol. The fourth-order valence-electron chi connectivity index (χ4n) is 2.49. The van der Waals surface area contributed by atoms with E-state index in [9.17, 15) is 18.0 Å². The second kappa shape index (κ2) is 8.68. The maximum Gasteiger partial charge on any atom is 0.318 e. The minimum atomic E-state index is -3.16. The Morgan fingerprint density at radius 3 is 2.72 bits per heavy atom. The van der Waals surface area contributed by atoms with Gasteiger partial charge < -0.3 is 10.1 Å². The first kappa shape index (κ1) is 19.7.